The third-order valence-electron chi connectivity index (χ3n) is 4.51. The van der Waals surface area contributed by atoms with Gasteiger partial charge in [0.25, 0.3) is 0 Å². The lowest BCUT2D eigenvalue weighted by molar-refractivity contribution is 0.222. The standard InChI is InChI=1S/C20H4F14O2/c21-5-3(6(22)10(26)13(29)9(5)25)1-35-19-15(31)17(33)20(18(34)16(19)32)36-2-4-7(23)11(27)14(30)12(28)8(4)24/h1-2H2. The van der Waals surface area contributed by atoms with E-state index in [1.54, 1.807) is 0 Å². The van der Waals surface area contributed by atoms with Crippen molar-refractivity contribution in [2.75, 3.05) is 0 Å². The fourth-order valence-corrected chi connectivity index (χ4v) is 2.69. The number of rotatable bonds is 6. The number of halogens is 14. The molecule has 0 saturated carbocycles. The molecule has 3 aromatic carbocycles. The molecule has 16 heteroatoms. The first-order chi connectivity index (χ1) is 16.7. The molecule has 0 atom stereocenters. The van der Waals surface area contributed by atoms with Crippen molar-refractivity contribution in [2.24, 2.45) is 0 Å². The van der Waals surface area contributed by atoms with Gasteiger partial charge in [0, 0.05) is 0 Å². The average molecular weight is 542 g/mol. The minimum absolute atomic E-state index is 1.78. The number of hydrogen-bond donors (Lipinski definition) is 0. The summed E-state index contributed by atoms with van der Waals surface area (Å²) in [5.41, 5.74) is -3.56. The molecule has 0 saturated heterocycles. The van der Waals surface area contributed by atoms with Gasteiger partial charge in [-0.1, -0.05) is 0 Å². The van der Waals surface area contributed by atoms with Gasteiger partial charge in [0.05, 0.1) is 11.1 Å². The molecule has 0 unspecified atom stereocenters. The molecule has 3 aromatic rings. The van der Waals surface area contributed by atoms with Crippen LogP contribution in [0.25, 0.3) is 0 Å². The Balaban J connectivity index is 1.95. The van der Waals surface area contributed by atoms with Crippen LogP contribution in [0.2, 0.25) is 0 Å². The number of hydrogen-bond acceptors (Lipinski definition) is 2. The van der Waals surface area contributed by atoms with E-state index in [-0.39, 0.29) is 0 Å². The smallest absolute Gasteiger partial charge is 0.207 e. The van der Waals surface area contributed by atoms with Gasteiger partial charge in [0.2, 0.25) is 34.9 Å². The molecule has 0 aliphatic carbocycles. The van der Waals surface area contributed by atoms with Crippen molar-refractivity contribution in [3.8, 4) is 11.5 Å². The zero-order valence-corrected chi connectivity index (χ0v) is 16.5. The molecule has 194 valence electrons. The summed E-state index contributed by atoms with van der Waals surface area (Å²) in [6.45, 7) is -3.69. The maximum absolute atomic E-state index is 14.2. The molecule has 0 aliphatic heterocycles. The van der Waals surface area contributed by atoms with Crippen LogP contribution in [0.4, 0.5) is 61.5 Å². The topological polar surface area (TPSA) is 18.5 Å². The molecule has 36 heavy (non-hydrogen) atoms. The van der Waals surface area contributed by atoms with Gasteiger partial charge in [-0.25, -0.2) is 43.9 Å². The third-order valence-corrected chi connectivity index (χ3v) is 4.51. The van der Waals surface area contributed by atoms with Crippen molar-refractivity contribution in [3.05, 3.63) is 92.6 Å². The summed E-state index contributed by atoms with van der Waals surface area (Å²) in [6.07, 6.45) is 0. The summed E-state index contributed by atoms with van der Waals surface area (Å²) in [5.74, 6) is -39.3. The highest BCUT2D eigenvalue weighted by Crippen LogP contribution is 2.36. The van der Waals surface area contributed by atoms with Gasteiger partial charge in [0.1, 0.15) is 13.2 Å². The predicted molar refractivity (Wildman–Crippen MR) is 87.4 cm³/mol. The molecule has 2 nitrogen and oxygen atoms in total. The molecule has 0 heterocycles. The quantitative estimate of drug-likeness (QED) is 0.194. The fraction of sp³-hybridized carbons (Fsp3) is 0.100. The van der Waals surface area contributed by atoms with Crippen LogP contribution < -0.4 is 9.47 Å². The average Bonchev–Trinajstić information content (AvgIpc) is 2.86. The predicted octanol–water partition coefficient (Wildman–Crippen LogP) is 6.79. The summed E-state index contributed by atoms with van der Waals surface area (Å²) in [5, 5.41) is 0. The Kier molecular flexibility index (Phi) is 7.27. The van der Waals surface area contributed by atoms with Gasteiger partial charge >= 0.3 is 0 Å². The Bertz CT molecular complexity index is 1200. The molecule has 0 radical (unpaired) electrons. The first-order valence-electron chi connectivity index (χ1n) is 8.84. The van der Waals surface area contributed by atoms with E-state index in [2.05, 4.69) is 9.47 Å². The van der Waals surface area contributed by atoms with Crippen LogP contribution in [0.5, 0.6) is 11.5 Å². The molecule has 0 fully saturated rings. The van der Waals surface area contributed by atoms with Gasteiger partial charge in [-0.05, 0) is 0 Å². The maximum atomic E-state index is 14.2. The van der Waals surface area contributed by atoms with Crippen molar-refractivity contribution >= 4 is 0 Å². The minimum Gasteiger partial charge on any atom is -0.482 e. The lowest BCUT2D eigenvalue weighted by atomic mass is 10.1. The lowest BCUT2D eigenvalue weighted by Crippen LogP contribution is -2.13. The van der Waals surface area contributed by atoms with Crippen LogP contribution in [0, 0.1) is 81.4 Å². The number of benzene rings is 3. The highest BCUT2D eigenvalue weighted by Gasteiger charge is 2.32. The molecule has 0 aromatic heterocycles. The molecular weight excluding hydrogens is 538 g/mol. The summed E-state index contributed by atoms with van der Waals surface area (Å²) in [7, 11) is 0. The van der Waals surface area contributed by atoms with Crippen LogP contribution in [0.1, 0.15) is 11.1 Å². The van der Waals surface area contributed by atoms with Crippen molar-refractivity contribution in [2.45, 2.75) is 13.2 Å². The molecule has 0 spiro atoms. The van der Waals surface area contributed by atoms with Gasteiger partial charge in [-0.3, -0.25) is 0 Å². The zero-order valence-electron chi connectivity index (χ0n) is 16.5. The van der Waals surface area contributed by atoms with Crippen molar-refractivity contribution < 1.29 is 70.9 Å². The summed E-state index contributed by atoms with van der Waals surface area (Å²) >= 11 is 0. The van der Waals surface area contributed by atoms with Gasteiger partial charge in [-0.2, -0.15) is 17.6 Å². The van der Waals surface area contributed by atoms with Crippen LogP contribution in [-0.2, 0) is 13.2 Å². The third kappa shape index (κ3) is 4.24. The highest BCUT2D eigenvalue weighted by molar-refractivity contribution is 5.39. The van der Waals surface area contributed by atoms with E-state index < -0.39 is 117 Å². The Hall–Kier alpha value is -3.72. The van der Waals surface area contributed by atoms with E-state index in [4.69, 9.17) is 0 Å². The van der Waals surface area contributed by atoms with Crippen LogP contribution in [0.15, 0.2) is 0 Å². The van der Waals surface area contributed by atoms with E-state index in [0.717, 1.165) is 0 Å². The highest BCUT2D eigenvalue weighted by atomic mass is 19.2. The number of ether oxygens (including phenoxy) is 2. The lowest BCUT2D eigenvalue weighted by Gasteiger charge is -2.15. The van der Waals surface area contributed by atoms with Crippen LogP contribution in [-0.4, -0.2) is 0 Å². The fourth-order valence-electron chi connectivity index (χ4n) is 2.69. The summed E-state index contributed by atoms with van der Waals surface area (Å²) in [4.78, 5) is 0. The Morgan fingerprint density at radius 2 is 0.472 bits per heavy atom. The molecule has 3 rings (SSSR count). The Morgan fingerprint density at radius 1 is 0.278 bits per heavy atom. The second kappa shape index (κ2) is 9.73. The van der Waals surface area contributed by atoms with Gasteiger partial charge < -0.3 is 9.47 Å². The Morgan fingerprint density at radius 3 is 0.694 bits per heavy atom. The van der Waals surface area contributed by atoms with E-state index in [9.17, 15) is 61.5 Å². The molecule has 0 aliphatic rings. The second-order valence-corrected chi connectivity index (χ2v) is 6.59. The largest absolute Gasteiger partial charge is 0.482 e. The molecular formula is C20H4F14O2. The van der Waals surface area contributed by atoms with E-state index in [1.807, 2.05) is 0 Å². The van der Waals surface area contributed by atoms with Crippen molar-refractivity contribution in [1.29, 1.82) is 0 Å². The molecule has 0 N–H and O–H groups in total. The van der Waals surface area contributed by atoms with Crippen LogP contribution in [0.3, 0.4) is 0 Å². The first-order valence-corrected chi connectivity index (χ1v) is 8.84. The van der Waals surface area contributed by atoms with Crippen molar-refractivity contribution in [1.82, 2.24) is 0 Å². The van der Waals surface area contributed by atoms with Gasteiger partial charge in [-0.15, -0.1) is 0 Å². The van der Waals surface area contributed by atoms with Gasteiger partial charge in [0.15, 0.2) is 58.0 Å². The molecule has 0 bridgehead atoms. The van der Waals surface area contributed by atoms with E-state index >= 15 is 0 Å². The first kappa shape index (κ1) is 26.9. The van der Waals surface area contributed by atoms with E-state index in [0.29, 0.717) is 0 Å². The SMILES string of the molecule is Fc1c(F)c(F)c(COc2c(F)c(F)c(OCc3c(F)c(F)c(F)c(F)c3F)c(F)c2F)c(F)c1F. The summed E-state index contributed by atoms with van der Waals surface area (Å²) < 4.78 is 199. The van der Waals surface area contributed by atoms with Crippen molar-refractivity contribution in [3.63, 3.8) is 0 Å². The normalized spacial score (nSPS) is 11.3. The van der Waals surface area contributed by atoms with E-state index in [1.165, 1.54) is 0 Å². The second-order valence-electron chi connectivity index (χ2n) is 6.59. The maximum Gasteiger partial charge on any atom is 0.207 e. The molecule has 0 amide bonds. The summed E-state index contributed by atoms with van der Waals surface area (Å²) in [6, 6.07) is 0. The zero-order chi connectivity index (χ0) is 27.2. The monoisotopic (exact) mass is 542 g/mol. The van der Waals surface area contributed by atoms with Crippen LogP contribution >= 0.6 is 0 Å². The Labute approximate surface area is 189 Å². The minimum atomic E-state index is -2.58.